The number of aryl methyl sites for hydroxylation is 1. The molecule has 1 unspecified atom stereocenters. The van der Waals surface area contributed by atoms with Crippen LogP contribution in [0.4, 0.5) is 0 Å². The smallest absolute Gasteiger partial charge is 0.266 e. The molecular formula is C29H38N4O2. The van der Waals surface area contributed by atoms with E-state index in [0.29, 0.717) is 29.7 Å². The minimum Gasteiger partial charge on any atom is -0.331 e. The Morgan fingerprint density at radius 2 is 1.71 bits per heavy atom. The van der Waals surface area contributed by atoms with Crippen LogP contribution >= 0.6 is 0 Å². The van der Waals surface area contributed by atoms with E-state index in [2.05, 4.69) is 30.9 Å². The van der Waals surface area contributed by atoms with Gasteiger partial charge in [-0.2, -0.15) is 0 Å². The third kappa shape index (κ3) is 5.32. The first-order chi connectivity index (χ1) is 16.9. The first-order valence-corrected chi connectivity index (χ1v) is 13.0. The Morgan fingerprint density at radius 1 is 1.03 bits per heavy atom. The molecule has 0 saturated heterocycles. The average Bonchev–Trinajstić information content (AvgIpc) is 3.41. The maximum absolute atomic E-state index is 13.9. The standard InChI is InChI=1S/C29H38N4O2/c1-5-21-15-17-23(18-16-21)33-27(30-25-14-10-9-13-24(25)29(33)35)26(6-2)32(20-19-31(3)4)28(34)22-11-7-8-12-22/h9-10,13-18,22,26H,5-8,11-12,19-20H2,1-4H3. The molecule has 0 spiro atoms. The predicted octanol–water partition coefficient (Wildman–Crippen LogP) is 4.98. The lowest BCUT2D eigenvalue weighted by Gasteiger charge is -2.35. The summed E-state index contributed by atoms with van der Waals surface area (Å²) in [4.78, 5) is 36.8. The van der Waals surface area contributed by atoms with Crippen molar-refractivity contribution in [3.63, 3.8) is 0 Å². The molecule has 1 aliphatic rings. The van der Waals surface area contributed by atoms with Crippen molar-refractivity contribution in [2.75, 3.05) is 27.2 Å². The molecule has 6 nitrogen and oxygen atoms in total. The number of benzene rings is 2. The molecule has 0 radical (unpaired) electrons. The van der Waals surface area contributed by atoms with Crippen molar-refractivity contribution in [3.8, 4) is 5.69 Å². The van der Waals surface area contributed by atoms with Gasteiger partial charge in [0.05, 0.1) is 22.6 Å². The Hall–Kier alpha value is -2.99. The molecule has 4 rings (SSSR count). The lowest BCUT2D eigenvalue weighted by Crippen LogP contribution is -2.44. The van der Waals surface area contributed by atoms with Gasteiger partial charge in [-0.05, 0) is 69.6 Å². The number of hydrogen-bond acceptors (Lipinski definition) is 4. The van der Waals surface area contributed by atoms with Crippen LogP contribution < -0.4 is 5.56 Å². The number of likely N-dealkylation sites (N-methyl/N-ethyl adjacent to an activating group) is 1. The summed E-state index contributed by atoms with van der Waals surface area (Å²) >= 11 is 0. The molecule has 1 aliphatic carbocycles. The van der Waals surface area contributed by atoms with Crippen molar-refractivity contribution < 1.29 is 4.79 Å². The average molecular weight is 475 g/mol. The largest absolute Gasteiger partial charge is 0.331 e. The summed E-state index contributed by atoms with van der Waals surface area (Å²) in [5.74, 6) is 0.910. The van der Waals surface area contributed by atoms with E-state index >= 15 is 0 Å². The number of amides is 1. The van der Waals surface area contributed by atoms with Crippen molar-refractivity contribution in [1.82, 2.24) is 19.4 Å². The molecule has 0 N–H and O–H groups in total. The molecule has 1 atom stereocenters. The molecule has 1 saturated carbocycles. The number of carbonyl (C=O) groups excluding carboxylic acids is 1. The van der Waals surface area contributed by atoms with Crippen molar-refractivity contribution >= 4 is 16.8 Å². The van der Waals surface area contributed by atoms with E-state index in [9.17, 15) is 9.59 Å². The van der Waals surface area contributed by atoms with Gasteiger partial charge in [0.25, 0.3) is 5.56 Å². The van der Waals surface area contributed by atoms with E-state index < -0.39 is 0 Å². The van der Waals surface area contributed by atoms with Crippen LogP contribution in [0, 0.1) is 5.92 Å². The first-order valence-electron chi connectivity index (χ1n) is 13.0. The van der Waals surface area contributed by atoms with E-state index in [1.165, 1.54) is 5.56 Å². The normalized spacial score (nSPS) is 15.1. The quantitative estimate of drug-likeness (QED) is 0.439. The maximum Gasteiger partial charge on any atom is 0.266 e. The topological polar surface area (TPSA) is 58.4 Å². The summed E-state index contributed by atoms with van der Waals surface area (Å²) in [6.45, 7) is 5.58. The fourth-order valence-corrected chi connectivity index (χ4v) is 5.18. The summed E-state index contributed by atoms with van der Waals surface area (Å²) in [6.07, 6.45) is 5.73. The molecule has 0 bridgehead atoms. The van der Waals surface area contributed by atoms with E-state index in [1.807, 2.05) is 55.4 Å². The minimum absolute atomic E-state index is 0.0654. The number of nitrogens with zero attached hydrogens (tertiary/aromatic N) is 4. The fraction of sp³-hybridized carbons (Fsp3) is 0.483. The minimum atomic E-state index is -0.286. The van der Waals surface area contributed by atoms with E-state index in [-0.39, 0.29) is 23.4 Å². The molecular weight excluding hydrogens is 436 g/mol. The summed E-state index contributed by atoms with van der Waals surface area (Å²) < 4.78 is 1.74. The van der Waals surface area contributed by atoms with Gasteiger partial charge in [-0.1, -0.05) is 51.0 Å². The van der Waals surface area contributed by atoms with Crippen LogP contribution in [-0.2, 0) is 11.2 Å². The van der Waals surface area contributed by atoms with Crippen LogP contribution in [0.1, 0.15) is 63.4 Å². The molecule has 3 aromatic rings. The van der Waals surface area contributed by atoms with Crippen molar-refractivity contribution in [3.05, 3.63) is 70.3 Å². The molecule has 6 heteroatoms. The third-order valence-corrected chi connectivity index (χ3v) is 7.24. The summed E-state index contributed by atoms with van der Waals surface area (Å²) in [6, 6.07) is 15.3. The van der Waals surface area contributed by atoms with Crippen molar-refractivity contribution in [2.45, 2.75) is 58.4 Å². The Labute approximate surface area is 208 Å². The lowest BCUT2D eigenvalue weighted by molar-refractivity contribution is -0.138. The second kappa shape index (κ2) is 11.2. The van der Waals surface area contributed by atoms with E-state index in [1.54, 1.807) is 4.57 Å². The molecule has 186 valence electrons. The van der Waals surface area contributed by atoms with Gasteiger partial charge in [-0.15, -0.1) is 0 Å². The van der Waals surface area contributed by atoms with Gasteiger partial charge in [0.1, 0.15) is 5.82 Å². The van der Waals surface area contributed by atoms with Crippen LogP contribution in [0.2, 0.25) is 0 Å². The highest BCUT2D eigenvalue weighted by Crippen LogP contribution is 2.32. The number of hydrogen-bond donors (Lipinski definition) is 0. The number of carbonyl (C=O) groups is 1. The Balaban J connectivity index is 1.89. The van der Waals surface area contributed by atoms with Gasteiger partial charge in [0, 0.05) is 19.0 Å². The van der Waals surface area contributed by atoms with Crippen molar-refractivity contribution in [2.24, 2.45) is 5.92 Å². The zero-order chi connectivity index (χ0) is 24.9. The van der Waals surface area contributed by atoms with Crippen LogP contribution in [-0.4, -0.2) is 52.4 Å². The zero-order valence-electron chi connectivity index (χ0n) is 21.5. The monoisotopic (exact) mass is 474 g/mol. The van der Waals surface area contributed by atoms with Crippen LogP contribution in [0.3, 0.4) is 0 Å². The highest BCUT2D eigenvalue weighted by Gasteiger charge is 2.34. The van der Waals surface area contributed by atoms with Crippen molar-refractivity contribution in [1.29, 1.82) is 0 Å². The maximum atomic E-state index is 13.9. The number of para-hydroxylation sites is 1. The summed E-state index contributed by atoms with van der Waals surface area (Å²) in [5, 5.41) is 0.590. The van der Waals surface area contributed by atoms with Gasteiger partial charge >= 0.3 is 0 Å². The highest BCUT2D eigenvalue weighted by molar-refractivity contribution is 5.80. The number of fused-ring (bicyclic) bond motifs is 1. The molecule has 0 aliphatic heterocycles. The first kappa shape index (κ1) is 25.1. The molecule has 2 aromatic carbocycles. The van der Waals surface area contributed by atoms with Crippen LogP contribution in [0.15, 0.2) is 53.3 Å². The SMILES string of the molecule is CCc1ccc(-n2c(C(CC)N(CCN(C)C)C(=O)C3CCCC3)nc3ccccc3c2=O)cc1. The summed E-state index contributed by atoms with van der Waals surface area (Å²) in [5.41, 5.74) is 2.59. The van der Waals surface area contributed by atoms with Gasteiger partial charge < -0.3 is 9.80 Å². The molecule has 1 heterocycles. The predicted molar refractivity (Wildman–Crippen MR) is 142 cm³/mol. The zero-order valence-corrected chi connectivity index (χ0v) is 21.5. The third-order valence-electron chi connectivity index (χ3n) is 7.24. The fourth-order valence-electron chi connectivity index (χ4n) is 5.18. The van der Waals surface area contributed by atoms with E-state index in [4.69, 9.17) is 4.98 Å². The van der Waals surface area contributed by atoms with Gasteiger partial charge in [-0.25, -0.2) is 4.98 Å². The molecule has 1 fully saturated rings. The van der Waals surface area contributed by atoms with E-state index in [0.717, 1.165) is 44.3 Å². The molecule has 1 amide bonds. The number of rotatable bonds is 9. The van der Waals surface area contributed by atoms with Crippen LogP contribution in [0.25, 0.3) is 16.6 Å². The van der Waals surface area contributed by atoms with Gasteiger partial charge in [0.15, 0.2) is 0 Å². The Kier molecular flexibility index (Phi) is 8.01. The summed E-state index contributed by atoms with van der Waals surface area (Å²) in [7, 11) is 4.05. The van der Waals surface area contributed by atoms with Crippen LogP contribution in [0.5, 0.6) is 0 Å². The van der Waals surface area contributed by atoms with Gasteiger partial charge in [-0.3, -0.25) is 14.2 Å². The van der Waals surface area contributed by atoms with Gasteiger partial charge in [0.2, 0.25) is 5.91 Å². The molecule has 1 aromatic heterocycles. The second-order valence-corrected chi connectivity index (χ2v) is 9.89. The highest BCUT2D eigenvalue weighted by atomic mass is 16.2. The second-order valence-electron chi connectivity index (χ2n) is 9.89. The Bertz CT molecular complexity index is 1210. The lowest BCUT2D eigenvalue weighted by atomic mass is 10.0. The molecule has 35 heavy (non-hydrogen) atoms. The number of aromatic nitrogens is 2. The Morgan fingerprint density at radius 3 is 2.34 bits per heavy atom.